The van der Waals surface area contributed by atoms with Crippen LogP contribution in [0.3, 0.4) is 0 Å². The fourth-order valence-electron chi connectivity index (χ4n) is 1.93. The molecule has 0 aromatic heterocycles. The number of amides is 2. The highest BCUT2D eigenvalue weighted by molar-refractivity contribution is 5.94. The third-order valence-electron chi connectivity index (χ3n) is 2.95. The molecule has 0 heterocycles. The number of nitrogens with one attached hydrogen (secondary N) is 1. The SMILES string of the molecule is CC(C)CC(CO)NC(=O)/C=C/c1ccc(C(N)=O)cc1. The Balaban J connectivity index is 2.58. The number of carbonyl (C=O) groups is 2. The van der Waals surface area contributed by atoms with E-state index >= 15 is 0 Å². The summed E-state index contributed by atoms with van der Waals surface area (Å²) in [6.07, 6.45) is 3.77. The fourth-order valence-corrected chi connectivity index (χ4v) is 1.93. The molecule has 0 aliphatic carbocycles. The Morgan fingerprint density at radius 2 is 1.90 bits per heavy atom. The second-order valence-electron chi connectivity index (χ2n) is 5.34. The van der Waals surface area contributed by atoms with Crippen LogP contribution >= 0.6 is 0 Å². The molecule has 1 rings (SSSR count). The first kappa shape index (κ1) is 16.9. The Hall–Kier alpha value is -2.14. The maximum absolute atomic E-state index is 11.8. The summed E-state index contributed by atoms with van der Waals surface area (Å²) in [7, 11) is 0. The number of hydrogen-bond donors (Lipinski definition) is 3. The first-order valence-electron chi connectivity index (χ1n) is 6.91. The van der Waals surface area contributed by atoms with Gasteiger partial charge < -0.3 is 16.2 Å². The minimum Gasteiger partial charge on any atom is -0.394 e. The maximum atomic E-state index is 11.8. The lowest BCUT2D eigenvalue weighted by Gasteiger charge is -2.17. The Bertz CT molecular complexity index is 507. The van der Waals surface area contributed by atoms with Gasteiger partial charge in [-0.2, -0.15) is 0 Å². The molecule has 1 aromatic rings. The summed E-state index contributed by atoms with van der Waals surface area (Å²) in [5, 5.41) is 12.0. The van der Waals surface area contributed by atoms with Crippen LogP contribution in [-0.4, -0.2) is 29.6 Å². The van der Waals surface area contributed by atoms with E-state index in [1.807, 2.05) is 13.8 Å². The molecule has 1 aromatic carbocycles. The molecule has 0 saturated carbocycles. The molecule has 0 saturated heterocycles. The molecule has 0 fully saturated rings. The largest absolute Gasteiger partial charge is 0.394 e. The van der Waals surface area contributed by atoms with Gasteiger partial charge >= 0.3 is 0 Å². The fraction of sp³-hybridized carbons (Fsp3) is 0.375. The van der Waals surface area contributed by atoms with E-state index in [2.05, 4.69) is 5.32 Å². The Morgan fingerprint density at radius 1 is 1.29 bits per heavy atom. The molecule has 0 aliphatic heterocycles. The van der Waals surface area contributed by atoms with Crippen LogP contribution in [0.4, 0.5) is 0 Å². The van der Waals surface area contributed by atoms with E-state index in [1.54, 1.807) is 30.3 Å². The molecular formula is C16H22N2O3. The van der Waals surface area contributed by atoms with Crippen LogP contribution in [-0.2, 0) is 4.79 Å². The maximum Gasteiger partial charge on any atom is 0.248 e. The molecule has 0 bridgehead atoms. The lowest BCUT2D eigenvalue weighted by Crippen LogP contribution is -2.37. The van der Waals surface area contributed by atoms with Gasteiger partial charge in [0.05, 0.1) is 12.6 Å². The van der Waals surface area contributed by atoms with E-state index in [4.69, 9.17) is 5.73 Å². The minimum absolute atomic E-state index is 0.0783. The van der Waals surface area contributed by atoms with Gasteiger partial charge in [-0.05, 0) is 36.1 Å². The van der Waals surface area contributed by atoms with Crippen molar-refractivity contribution in [2.45, 2.75) is 26.3 Å². The zero-order valence-corrected chi connectivity index (χ0v) is 12.4. The van der Waals surface area contributed by atoms with E-state index in [1.165, 1.54) is 6.08 Å². The standard InChI is InChI=1S/C16H22N2O3/c1-11(2)9-14(10-19)18-15(20)8-5-12-3-6-13(7-4-12)16(17)21/h3-8,11,14,19H,9-10H2,1-2H3,(H2,17,21)(H,18,20)/b8-5+. The van der Waals surface area contributed by atoms with Crippen LogP contribution in [0.2, 0.25) is 0 Å². The van der Waals surface area contributed by atoms with Crippen molar-refractivity contribution in [2.24, 2.45) is 11.7 Å². The van der Waals surface area contributed by atoms with Gasteiger partial charge in [0.2, 0.25) is 11.8 Å². The van der Waals surface area contributed by atoms with Crippen molar-refractivity contribution in [3.8, 4) is 0 Å². The van der Waals surface area contributed by atoms with Gasteiger partial charge in [-0.3, -0.25) is 9.59 Å². The number of benzene rings is 1. The number of nitrogens with two attached hydrogens (primary N) is 1. The van der Waals surface area contributed by atoms with Crippen LogP contribution in [0.5, 0.6) is 0 Å². The monoisotopic (exact) mass is 290 g/mol. The highest BCUT2D eigenvalue weighted by atomic mass is 16.3. The number of hydrogen-bond acceptors (Lipinski definition) is 3. The predicted octanol–water partition coefficient (Wildman–Crippen LogP) is 1.32. The topological polar surface area (TPSA) is 92.4 Å². The number of primary amides is 1. The molecule has 0 radical (unpaired) electrons. The highest BCUT2D eigenvalue weighted by Crippen LogP contribution is 2.07. The van der Waals surface area contributed by atoms with Crippen molar-refractivity contribution < 1.29 is 14.7 Å². The first-order valence-corrected chi connectivity index (χ1v) is 6.91. The summed E-state index contributed by atoms with van der Waals surface area (Å²) in [5.41, 5.74) is 6.37. The Morgan fingerprint density at radius 3 is 2.38 bits per heavy atom. The van der Waals surface area contributed by atoms with E-state index in [9.17, 15) is 14.7 Å². The van der Waals surface area contributed by atoms with E-state index < -0.39 is 5.91 Å². The van der Waals surface area contributed by atoms with Gasteiger partial charge in [-0.1, -0.05) is 26.0 Å². The average molecular weight is 290 g/mol. The molecule has 5 nitrogen and oxygen atoms in total. The minimum atomic E-state index is -0.484. The molecule has 0 aliphatic rings. The zero-order chi connectivity index (χ0) is 15.8. The quantitative estimate of drug-likeness (QED) is 0.661. The van der Waals surface area contributed by atoms with Gasteiger partial charge in [-0.25, -0.2) is 0 Å². The molecule has 4 N–H and O–H groups in total. The van der Waals surface area contributed by atoms with Crippen molar-refractivity contribution in [1.29, 1.82) is 0 Å². The molecule has 2 amide bonds. The summed E-state index contributed by atoms with van der Waals surface area (Å²) >= 11 is 0. The van der Waals surface area contributed by atoms with Crippen molar-refractivity contribution in [3.05, 3.63) is 41.5 Å². The first-order chi connectivity index (χ1) is 9.92. The van der Waals surface area contributed by atoms with E-state index in [0.29, 0.717) is 11.5 Å². The Kier molecular flexibility index (Phi) is 6.62. The van der Waals surface area contributed by atoms with Crippen LogP contribution in [0.25, 0.3) is 6.08 Å². The number of aliphatic hydroxyl groups excluding tert-OH is 1. The zero-order valence-electron chi connectivity index (χ0n) is 12.4. The average Bonchev–Trinajstić information content (AvgIpc) is 2.44. The lowest BCUT2D eigenvalue weighted by molar-refractivity contribution is -0.117. The lowest BCUT2D eigenvalue weighted by atomic mass is 10.0. The number of aliphatic hydroxyl groups is 1. The van der Waals surface area contributed by atoms with E-state index in [0.717, 1.165) is 12.0 Å². The van der Waals surface area contributed by atoms with Crippen molar-refractivity contribution >= 4 is 17.9 Å². The normalized spacial score (nSPS) is 12.6. The summed E-state index contributed by atoms with van der Waals surface area (Å²) in [5.74, 6) is -0.343. The molecule has 1 atom stereocenters. The van der Waals surface area contributed by atoms with Crippen molar-refractivity contribution in [1.82, 2.24) is 5.32 Å². The van der Waals surface area contributed by atoms with Gasteiger partial charge in [0.15, 0.2) is 0 Å². The molecular weight excluding hydrogens is 268 g/mol. The van der Waals surface area contributed by atoms with Crippen LogP contribution in [0.15, 0.2) is 30.3 Å². The molecule has 21 heavy (non-hydrogen) atoms. The summed E-state index contributed by atoms with van der Waals surface area (Å²) in [4.78, 5) is 22.7. The molecule has 114 valence electrons. The van der Waals surface area contributed by atoms with Crippen molar-refractivity contribution in [3.63, 3.8) is 0 Å². The smallest absolute Gasteiger partial charge is 0.248 e. The van der Waals surface area contributed by atoms with Gasteiger partial charge in [0, 0.05) is 11.6 Å². The van der Waals surface area contributed by atoms with Gasteiger partial charge in [0.25, 0.3) is 0 Å². The highest BCUT2D eigenvalue weighted by Gasteiger charge is 2.11. The van der Waals surface area contributed by atoms with E-state index in [-0.39, 0.29) is 18.6 Å². The van der Waals surface area contributed by atoms with Crippen LogP contribution in [0.1, 0.15) is 36.2 Å². The van der Waals surface area contributed by atoms with Crippen molar-refractivity contribution in [2.75, 3.05) is 6.61 Å². The Labute approximate surface area is 124 Å². The third kappa shape index (κ3) is 6.23. The van der Waals surface area contributed by atoms with Crippen LogP contribution < -0.4 is 11.1 Å². The van der Waals surface area contributed by atoms with Crippen LogP contribution in [0, 0.1) is 5.92 Å². The molecule has 1 unspecified atom stereocenters. The molecule has 5 heteroatoms. The second-order valence-corrected chi connectivity index (χ2v) is 5.34. The van der Waals surface area contributed by atoms with Gasteiger partial charge in [-0.15, -0.1) is 0 Å². The number of carbonyl (C=O) groups excluding carboxylic acids is 2. The summed E-state index contributed by atoms with van der Waals surface area (Å²) in [6.45, 7) is 3.99. The number of rotatable bonds is 7. The summed E-state index contributed by atoms with van der Waals surface area (Å²) in [6, 6.07) is 6.40. The third-order valence-corrected chi connectivity index (χ3v) is 2.95. The van der Waals surface area contributed by atoms with Gasteiger partial charge in [0.1, 0.15) is 0 Å². The summed E-state index contributed by atoms with van der Waals surface area (Å²) < 4.78 is 0. The predicted molar refractivity (Wildman–Crippen MR) is 82.5 cm³/mol. The second kappa shape index (κ2) is 8.21. The molecule has 0 spiro atoms.